The van der Waals surface area contributed by atoms with Gasteiger partial charge < -0.3 is 16.2 Å². The molecular formula is C19H12ClF4N3O2. The number of hydrogen-bond acceptors (Lipinski definition) is 4. The minimum Gasteiger partial charge on any atom is -0.477 e. The van der Waals surface area contributed by atoms with Crippen molar-refractivity contribution in [3.63, 3.8) is 0 Å². The molecule has 5 nitrogen and oxygen atoms in total. The number of halogens is 5. The van der Waals surface area contributed by atoms with Crippen LogP contribution in [0.2, 0.25) is 5.02 Å². The molecule has 0 saturated carbocycles. The number of nitrogens with one attached hydrogen (secondary N) is 1. The molecule has 0 bridgehead atoms. The van der Waals surface area contributed by atoms with Crippen LogP contribution in [0.15, 0.2) is 36.4 Å². The third kappa shape index (κ3) is 4.09. The average Bonchev–Trinajstić information content (AvgIpc) is 2.65. The minimum atomic E-state index is -1.74. The van der Waals surface area contributed by atoms with Gasteiger partial charge in [0.05, 0.1) is 16.4 Å². The molecule has 3 rings (SSSR count). The van der Waals surface area contributed by atoms with Crippen LogP contribution in [0.1, 0.15) is 15.9 Å². The van der Waals surface area contributed by atoms with Gasteiger partial charge in [-0.05, 0) is 36.4 Å². The second-order valence-corrected chi connectivity index (χ2v) is 6.31. The Labute approximate surface area is 166 Å². The lowest BCUT2D eigenvalue weighted by Gasteiger charge is -2.13. The number of carboxylic acids is 1. The Bertz CT molecular complexity index is 1100. The molecule has 0 aliphatic rings. The first-order chi connectivity index (χ1) is 13.7. The first-order valence-corrected chi connectivity index (χ1v) is 8.42. The first kappa shape index (κ1) is 20.4. The number of aromatic carboxylic acids is 1. The summed E-state index contributed by atoms with van der Waals surface area (Å²) >= 11 is 5.77. The van der Waals surface area contributed by atoms with Crippen LogP contribution in [-0.4, -0.2) is 16.1 Å². The Morgan fingerprint density at radius 1 is 1.03 bits per heavy atom. The summed E-state index contributed by atoms with van der Waals surface area (Å²) in [6, 6.07) is 6.19. The van der Waals surface area contributed by atoms with E-state index in [-0.39, 0.29) is 34.9 Å². The molecule has 0 unspecified atom stereocenters. The lowest BCUT2D eigenvalue weighted by molar-refractivity contribution is 0.0686. The minimum absolute atomic E-state index is 0.0327. The van der Waals surface area contributed by atoms with Gasteiger partial charge in [0.2, 0.25) is 0 Å². The van der Waals surface area contributed by atoms with Gasteiger partial charge in [0, 0.05) is 17.7 Å². The standard InChI is InChI=1S/C19H12ClF4N3O2/c20-17-9(10(21)1-2-11(17)22)7-26-18-14(25)3-4-15(27-18)8-5-12(23)16(19(28)29)13(24)6-8/h1-6H,7,25H2,(H,26,27)(H,28,29). The van der Waals surface area contributed by atoms with Crippen LogP contribution < -0.4 is 11.1 Å². The number of nitrogen functional groups attached to an aromatic ring is 1. The summed E-state index contributed by atoms with van der Waals surface area (Å²) in [6.07, 6.45) is 0. The van der Waals surface area contributed by atoms with Gasteiger partial charge in [0.1, 0.15) is 34.7 Å². The zero-order chi connectivity index (χ0) is 21.3. The Kier molecular flexibility index (Phi) is 5.60. The number of carbonyl (C=O) groups is 1. The summed E-state index contributed by atoms with van der Waals surface area (Å²) in [5, 5.41) is 11.1. The topological polar surface area (TPSA) is 88.2 Å². The van der Waals surface area contributed by atoms with E-state index in [1.165, 1.54) is 12.1 Å². The largest absolute Gasteiger partial charge is 0.477 e. The first-order valence-electron chi connectivity index (χ1n) is 8.04. The number of anilines is 2. The van der Waals surface area contributed by atoms with Gasteiger partial charge in [0.15, 0.2) is 0 Å². The van der Waals surface area contributed by atoms with E-state index in [0.29, 0.717) is 0 Å². The predicted molar refractivity (Wildman–Crippen MR) is 99.7 cm³/mol. The van der Waals surface area contributed by atoms with Crippen LogP contribution >= 0.6 is 11.6 Å². The van der Waals surface area contributed by atoms with Crippen molar-refractivity contribution in [2.45, 2.75) is 6.54 Å². The van der Waals surface area contributed by atoms with Crippen LogP contribution in [-0.2, 0) is 6.54 Å². The van der Waals surface area contributed by atoms with Crippen LogP contribution in [0.5, 0.6) is 0 Å². The van der Waals surface area contributed by atoms with Gasteiger partial charge in [-0.1, -0.05) is 11.6 Å². The summed E-state index contributed by atoms with van der Waals surface area (Å²) in [5.41, 5.74) is 4.74. The molecule has 0 amide bonds. The molecule has 4 N–H and O–H groups in total. The summed E-state index contributed by atoms with van der Waals surface area (Å²) in [7, 11) is 0. The Morgan fingerprint density at radius 3 is 2.28 bits per heavy atom. The number of nitrogens with zero attached hydrogens (tertiary/aromatic N) is 1. The van der Waals surface area contributed by atoms with Crippen molar-refractivity contribution < 1.29 is 27.5 Å². The Morgan fingerprint density at radius 2 is 1.66 bits per heavy atom. The molecule has 1 aromatic heterocycles. The number of nitrogens with two attached hydrogens (primary N) is 1. The Balaban J connectivity index is 1.94. The maximum atomic E-state index is 13.9. The van der Waals surface area contributed by atoms with Gasteiger partial charge in [-0.3, -0.25) is 0 Å². The number of benzene rings is 2. The van der Waals surface area contributed by atoms with E-state index in [9.17, 15) is 22.4 Å². The zero-order valence-electron chi connectivity index (χ0n) is 14.4. The molecule has 10 heteroatoms. The third-order valence-corrected chi connectivity index (χ3v) is 4.46. The molecule has 0 atom stereocenters. The predicted octanol–water partition coefficient (Wildman–Crippen LogP) is 4.85. The Hall–Kier alpha value is -3.33. The number of rotatable bonds is 5. The van der Waals surface area contributed by atoms with Crippen molar-refractivity contribution in [2.24, 2.45) is 0 Å². The summed E-state index contributed by atoms with van der Waals surface area (Å²) in [4.78, 5) is 15.0. The molecular weight excluding hydrogens is 414 g/mol. The van der Waals surface area contributed by atoms with Crippen molar-refractivity contribution in [1.29, 1.82) is 0 Å². The van der Waals surface area contributed by atoms with Gasteiger partial charge >= 0.3 is 5.97 Å². The quantitative estimate of drug-likeness (QED) is 0.401. The lowest BCUT2D eigenvalue weighted by atomic mass is 10.1. The van der Waals surface area contributed by atoms with E-state index in [1.807, 2.05) is 0 Å². The van der Waals surface area contributed by atoms with Crippen molar-refractivity contribution in [3.05, 3.63) is 75.8 Å². The zero-order valence-corrected chi connectivity index (χ0v) is 15.2. The summed E-state index contributed by atoms with van der Waals surface area (Å²) in [6.45, 7) is -0.260. The fourth-order valence-corrected chi connectivity index (χ4v) is 2.82. The molecule has 1 heterocycles. The fourth-order valence-electron chi connectivity index (χ4n) is 2.60. The molecule has 0 aliphatic heterocycles. The van der Waals surface area contributed by atoms with Crippen LogP contribution in [0, 0.1) is 23.3 Å². The number of pyridine rings is 1. The van der Waals surface area contributed by atoms with Gasteiger partial charge in [-0.25, -0.2) is 27.3 Å². The van der Waals surface area contributed by atoms with E-state index in [0.717, 1.165) is 24.3 Å². The van der Waals surface area contributed by atoms with Crippen LogP contribution in [0.25, 0.3) is 11.3 Å². The monoisotopic (exact) mass is 425 g/mol. The van der Waals surface area contributed by atoms with E-state index < -0.39 is 39.8 Å². The summed E-state index contributed by atoms with van der Waals surface area (Å²) in [5.74, 6) is -5.79. The van der Waals surface area contributed by atoms with Crippen molar-refractivity contribution in [3.8, 4) is 11.3 Å². The highest BCUT2D eigenvalue weighted by Crippen LogP contribution is 2.28. The molecule has 150 valence electrons. The third-order valence-electron chi connectivity index (χ3n) is 4.05. The van der Waals surface area contributed by atoms with Crippen LogP contribution in [0.4, 0.5) is 29.1 Å². The molecule has 29 heavy (non-hydrogen) atoms. The lowest BCUT2D eigenvalue weighted by Crippen LogP contribution is -2.08. The van der Waals surface area contributed by atoms with E-state index in [4.69, 9.17) is 22.4 Å². The SMILES string of the molecule is Nc1ccc(-c2cc(F)c(C(=O)O)c(F)c2)nc1NCc1c(F)ccc(F)c1Cl. The van der Waals surface area contributed by atoms with Crippen LogP contribution in [0.3, 0.4) is 0 Å². The number of aromatic nitrogens is 1. The highest BCUT2D eigenvalue weighted by Gasteiger charge is 2.19. The molecule has 2 aromatic carbocycles. The molecule has 0 fully saturated rings. The molecule has 0 radical (unpaired) electrons. The second kappa shape index (κ2) is 7.96. The number of hydrogen-bond donors (Lipinski definition) is 3. The maximum Gasteiger partial charge on any atom is 0.341 e. The van der Waals surface area contributed by atoms with E-state index in [2.05, 4.69) is 10.3 Å². The van der Waals surface area contributed by atoms with Crippen molar-refractivity contribution in [1.82, 2.24) is 4.98 Å². The molecule has 0 saturated heterocycles. The second-order valence-electron chi connectivity index (χ2n) is 5.93. The smallest absolute Gasteiger partial charge is 0.341 e. The highest BCUT2D eigenvalue weighted by atomic mass is 35.5. The van der Waals surface area contributed by atoms with Gasteiger partial charge in [-0.2, -0.15) is 0 Å². The molecule has 0 aliphatic carbocycles. The maximum absolute atomic E-state index is 13.9. The number of carboxylic acid groups (broad SMARTS) is 1. The van der Waals surface area contributed by atoms with Gasteiger partial charge in [-0.15, -0.1) is 0 Å². The van der Waals surface area contributed by atoms with Crippen molar-refractivity contribution >= 4 is 29.1 Å². The fraction of sp³-hybridized carbons (Fsp3) is 0.0526. The summed E-state index contributed by atoms with van der Waals surface area (Å²) < 4.78 is 55.3. The average molecular weight is 426 g/mol. The van der Waals surface area contributed by atoms with Crippen molar-refractivity contribution in [2.75, 3.05) is 11.1 Å². The van der Waals surface area contributed by atoms with E-state index >= 15 is 0 Å². The van der Waals surface area contributed by atoms with Gasteiger partial charge in [0.25, 0.3) is 0 Å². The highest BCUT2D eigenvalue weighted by molar-refractivity contribution is 6.31. The normalized spacial score (nSPS) is 10.8. The molecule has 3 aromatic rings. The van der Waals surface area contributed by atoms with E-state index in [1.54, 1.807) is 0 Å². The molecule has 0 spiro atoms.